The number of Topliss-reactive ketones (excluding diaryl/α,β-unsaturated/α-hetero) is 1. The van der Waals surface area contributed by atoms with Crippen LogP contribution in [0.25, 0.3) is 0 Å². The van der Waals surface area contributed by atoms with E-state index in [0.717, 1.165) is 38.5 Å². The van der Waals surface area contributed by atoms with Crippen molar-refractivity contribution in [3.63, 3.8) is 0 Å². The standard InChI is InChI=1S/C31H51N5O5/c1-27(2,3)23(35-21(37)16-28(4,5)33)26(41)36-17-31(29(6,7)30(31)12-9-13-30)15-20(36)25(40)34-19(22(38)24(32)39)14-18-10-8-11-18/h18-20,23H,8-17,33H2,1-7H3,(H2,32,39)(H,34,40)(H,35,37)/t19?,20?,23?,31-/m1/s1. The molecule has 0 aromatic rings. The number of nitrogens with two attached hydrogens (primary N) is 2. The zero-order valence-corrected chi connectivity index (χ0v) is 26.0. The van der Waals surface area contributed by atoms with Gasteiger partial charge in [0.25, 0.3) is 5.91 Å². The van der Waals surface area contributed by atoms with Crippen molar-refractivity contribution >= 4 is 29.4 Å². The van der Waals surface area contributed by atoms with Gasteiger partial charge in [0.15, 0.2) is 0 Å². The van der Waals surface area contributed by atoms with E-state index >= 15 is 0 Å². The van der Waals surface area contributed by atoms with Crippen LogP contribution < -0.4 is 22.1 Å². The molecule has 1 aliphatic heterocycles. The first-order valence-corrected chi connectivity index (χ1v) is 15.3. The second-order valence-electron chi connectivity index (χ2n) is 15.7. The summed E-state index contributed by atoms with van der Waals surface area (Å²) >= 11 is 0. The number of primary amides is 1. The number of carbonyl (C=O) groups is 5. The molecule has 4 aliphatic rings. The van der Waals surface area contributed by atoms with Crippen LogP contribution in [0.3, 0.4) is 0 Å². The Balaban J connectivity index is 1.63. The van der Waals surface area contributed by atoms with Crippen molar-refractivity contribution in [3.8, 4) is 0 Å². The molecule has 6 N–H and O–H groups in total. The summed E-state index contributed by atoms with van der Waals surface area (Å²) in [5.74, 6) is -2.69. The zero-order valence-electron chi connectivity index (χ0n) is 26.0. The van der Waals surface area contributed by atoms with E-state index in [9.17, 15) is 24.0 Å². The van der Waals surface area contributed by atoms with Gasteiger partial charge in [0, 0.05) is 23.9 Å². The van der Waals surface area contributed by atoms with Gasteiger partial charge in [-0.2, -0.15) is 0 Å². The fraction of sp³-hybridized carbons (Fsp3) is 0.839. The van der Waals surface area contributed by atoms with Gasteiger partial charge in [-0.1, -0.05) is 60.3 Å². The van der Waals surface area contributed by atoms with E-state index in [0.29, 0.717) is 19.4 Å². The molecule has 4 rings (SSSR count). The van der Waals surface area contributed by atoms with E-state index in [-0.39, 0.29) is 40.4 Å². The minimum Gasteiger partial charge on any atom is -0.363 e. The van der Waals surface area contributed by atoms with Crippen molar-refractivity contribution in [3.05, 3.63) is 0 Å². The van der Waals surface area contributed by atoms with Crippen LogP contribution in [0.4, 0.5) is 0 Å². The summed E-state index contributed by atoms with van der Waals surface area (Å²) in [5.41, 5.74) is 9.85. The van der Waals surface area contributed by atoms with Crippen molar-refractivity contribution in [2.45, 2.75) is 130 Å². The van der Waals surface area contributed by atoms with E-state index in [1.165, 1.54) is 0 Å². The highest BCUT2D eigenvalue weighted by molar-refractivity contribution is 6.37. The number of ketones is 1. The number of rotatable bonds is 10. The van der Waals surface area contributed by atoms with Gasteiger partial charge in [0.05, 0.1) is 6.04 Å². The maximum Gasteiger partial charge on any atom is 0.287 e. The molecular weight excluding hydrogens is 522 g/mol. The number of likely N-dealkylation sites (tertiary alicyclic amines) is 1. The Hall–Kier alpha value is -2.49. The fourth-order valence-electron chi connectivity index (χ4n) is 8.24. The van der Waals surface area contributed by atoms with E-state index in [4.69, 9.17) is 11.5 Å². The average molecular weight is 574 g/mol. The molecule has 2 spiro atoms. The largest absolute Gasteiger partial charge is 0.363 e. The Morgan fingerprint density at radius 1 is 0.951 bits per heavy atom. The van der Waals surface area contributed by atoms with Gasteiger partial charge >= 0.3 is 0 Å². The first-order valence-electron chi connectivity index (χ1n) is 15.3. The van der Waals surface area contributed by atoms with Crippen molar-refractivity contribution < 1.29 is 24.0 Å². The van der Waals surface area contributed by atoms with Crippen LogP contribution in [0.2, 0.25) is 0 Å². The van der Waals surface area contributed by atoms with E-state index in [1.54, 1.807) is 18.7 Å². The van der Waals surface area contributed by atoms with Crippen molar-refractivity contribution in [1.29, 1.82) is 0 Å². The summed E-state index contributed by atoms with van der Waals surface area (Å²) < 4.78 is 0. The molecule has 10 nitrogen and oxygen atoms in total. The molecule has 0 aromatic carbocycles. The molecule has 0 radical (unpaired) electrons. The van der Waals surface area contributed by atoms with E-state index in [2.05, 4.69) is 24.5 Å². The molecule has 0 bridgehead atoms. The van der Waals surface area contributed by atoms with Crippen molar-refractivity contribution in [2.24, 2.45) is 39.0 Å². The third kappa shape index (κ3) is 5.41. The highest BCUT2D eigenvalue weighted by atomic mass is 16.2. The molecule has 4 amide bonds. The first-order chi connectivity index (χ1) is 18.8. The first kappa shape index (κ1) is 31.4. The number of nitrogens with one attached hydrogen (secondary N) is 2. The maximum atomic E-state index is 14.4. The maximum absolute atomic E-state index is 14.4. The van der Waals surface area contributed by atoms with Crippen LogP contribution in [-0.4, -0.2) is 64.5 Å². The molecule has 1 heterocycles. The number of nitrogens with zero attached hydrogens (tertiary/aromatic N) is 1. The minimum absolute atomic E-state index is 0.0505. The van der Waals surface area contributed by atoms with E-state index < -0.39 is 46.7 Å². The van der Waals surface area contributed by atoms with Crippen LogP contribution >= 0.6 is 0 Å². The lowest BCUT2D eigenvalue weighted by Crippen LogP contribution is -2.59. The van der Waals surface area contributed by atoms with Crippen LogP contribution in [0.1, 0.15) is 106 Å². The van der Waals surface area contributed by atoms with Crippen molar-refractivity contribution in [1.82, 2.24) is 15.5 Å². The zero-order chi connectivity index (χ0) is 30.8. The van der Waals surface area contributed by atoms with Gasteiger partial charge in [-0.3, -0.25) is 24.0 Å². The molecular formula is C31H51N5O5. The summed E-state index contributed by atoms with van der Waals surface area (Å²) in [4.78, 5) is 67.5. The van der Waals surface area contributed by atoms with Crippen molar-refractivity contribution in [2.75, 3.05) is 6.54 Å². The predicted molar refractivity (Wildman–Crippen MR) is 155 cm³/mol. The SMILES string of the molecule is CC(C)(N)CC(=O)NC(C(=O)N1C[C@]2(CC1C(=O)NC(CC1CCC1)C(=O)C(N)=O)C(C)(C)C21CCC1)C(C)(C)C. The highest BCUT2D eigenvalue weighted by Crippen LogP contribution is 2.88. The lowest BCUT2D eigenvalue weighted by molar-refractivity contribution is -0.145. The molecule has 3 aliphatic carbocycles. The Morgan fingerprint density at radius 2 is 1.56 bits per heavy atom. The molecule has 230 valence electrons. The van der Waals surface area contributed by atoms with Gasteiger partial charge in [0.1, 0.15) is 12.1 Å². The number of carbonyl (C=O) groups excluding carboxylic acids is 5. The third-order valence-corrected chi connectivity index (χ3v) is 11.1. The Morgan fingerprint density at radius 3 is 1.98 bits per heavy atom. The quantitative estimate of drug-likeness (QED) is 0.293. The third-order valence-electron chi connectivity index (χ3n) is 11.1. The second kappa shape index (κ2) is 10.3. The number of hydrogen-bond donors (Lipinski definition) is 4. The summed E-state index contributed by atoms with van der Waals surface area (Å²) in [6, 6.07) is -2.70. The molecule has 0 aromatic heterocycles. The van der Waals surface area contributed by atoms with Gasteiger partial charge in [-0.05, 0) is 61.7 Å². The molecule has 3 saturated carbocycles. The van der Waals surface area contributed by atoms with Crippen LogP contribution in [0.5, 0.6) is 0 Å². The van der Waals surface area contributed by atoms with Crippen LogP contribution in [-0.2, 0) is 24.0 Å². The summed E-state index contributed by atoms with van der Waals surface area (Å²) in [7, 11) is 0. The number of amides is 4. The molecule has 3 unspecified atom stereocenters. The minimum atomic E-state index is -1.07. The molecule has 10 heteroatoms. The highest BCUT2D eigenvalue weighted by Gasteiger charge is 2.85. The predicted octanol–water partition coefficient (Wildman–Crippen LogP) is 2.17. The average Bonchev–Trinajstić information content (AvgIpc) is 3.01. The normalized spacial score (nSPS) is 27.9. The molecule has 4 atom stereocenters. The summed E-state index contributed by atoms with van der Waals surface area (Å²) in [6.45, 7) is 14.1. The van der Waals surface area contributed by atoms with Gasteiger partial charge in [-0.15, -0.1) is 0 Å². The smallest absolute Gasteiger partial charge is 0.287 e. The number of fused-ring (bicyclic) bond motifs is 1. The number of hydrogen-bond acceptors (Lipinski definition) is 6. The van der Waals surface area contributed by atoms with Gasteiger partial charge in [-0.25, -0.2) is 0 Å². The topological polar surface area (TPSA) is 165 Å². The summed E-state index contributed by atoms with van der Waals surface area (Å²) in [5, 5.41) is 5.77. The monoisotopic (exact) mass is 573 g/mol. The molecule has 41 heavy (non-hydrogen) atoms. The lowest BCUT2D eigenvalue weighted by Gasteiger charge is -2.36. The fourth-order valence-corrected chi connectivity index (χ4v) is 8.24. The summed E-state index contributed by atoms with van der Waals surface area (Å²) in [6.07, 6.45) is 7.10. The lowest BCUT2D eigenvalue weighted by atomic mass is 9.73. The van der Waals surface area contributed by atoms with Gasteiger partial charge in [0.2, 0.25) is 23.5 Å². The Bertz CT molecular complexity index is 1110. The van der Waals surface area contributed by atoms with Gasteiger partial charge < -0.3 is 27.0 Å². The second-order valence-corrected chi connectivity index (χ2v) is 15.7. The van der Waals surface area contributed by atoms with E-state index in [1.807, 2.05) is 20.8 Å². The Labute approximate surface area is 244 Å². The van der Waals surface area contributed by atoms with Crippen LogP contribution in [0.15, 0.2) is 0 Å². The molecule has 1 saturated heterocycles. The molecule has 4 fully saturated rings. The van der Waals surface area contributed by atoms with Crippen LogP contribution in [0, 0.1) is 27.6 Å². The Kier molecular flexibility index (Phi) is 7.94.